The van der Waals surface area contributed by atoms with Crippen molar-refractivity contribution in [1.29, 1.82) is 0 Å². The van der Waals surface area contributed by atoms with Crippen LogP contribution in [0.15, 0.2) is 47.5 Å². The zero-order valence-corrected chi connectivity index (χ0v) is 13.6. The monoisotopic (exact) mass is 415 g/mol. The molecule has 0 fully saturated rings. The van der Waals surface area contributed by atoms with Gasteiger partial charge in [-0.2, -0.15) is 0 Å². The highest BCUT2D eigenvalue weighted by Gasteiger charge is 2.25. The van der Waals surface area contributed by atoms with Crippen LogP contribution >= 0.6 is 23.0 Å². The van der Waals surface area contributed by atoms with Crippen LogP contribution < -0.4 is 0 Å². The number of halogens is 3. The molecule has 1 atom stereocenters. The standard InChI is InChI=1S/C16H12F2INO2/c17-12-2-1-3-13(18)15(12)16-20-14(9-21-16)11-6-4-10(5-7-11)8-22-19/h1-7,14H,8-9H2. The predicted octanol–water partition coefficient (Wildman–Crippen LogP) is 4.35. The van der Waals surface area contributed by atoms with Gasteiger partial charge in [-0.25, -0.2) is 13.8 Å². The Kier molecular flexibility index (Phi) is 4.68. The molecule has 0 saturated carbocycles. The highest BCUT2D eigenvalue weighted by molar-refractivity contribution is 14.1. The third kappa shape index (κ3) is 3.12. The number of ether oxygens (including phenoxy) is 1. The van der Waals surface area contributed by atoms with E-state index in [0.29, 0.717) is 6.61 Å². The van der Waals surface area contributed by atoms with E-state index in [4.69, 9.17) is 7.80 Å². The molecule has 0 spiro atoms. The van der Waals surface area contributed by atoms with Gasteiger partial charge in [0.1, 0.15) is 52.9 Å². The lowest BCUT2D eigenvalue weighted by molar-refractivity contribution is 0.317. The van der Waals surface area contributed by atoms with Crippen LogP contribution in [0.4, 0.5) is 8.78 Å². The largest absolute Gasteiger partial charge is 0.475 e. The van der Waals surface area contributed by atoms with E-state index in [1.807, 2.05) is 47.3 Å². The summed E-state index contributed by atoms with van der Waals surface area (Å²) in [6.45, 7) is 0.794. The molecule has 114 valence electrons. The lowest BCUT2D eigenvalue weighted by Crippen LogP contribution is -2.07. The van der Waals surface area contributed by atoms with E-state index in [1.54, 1.807) is 0 Å². The lowest BCUT2D eigenvalue weighted by Gasteiger charge is -2.06. The fraction of sp³-hybridized carbons (Fsp3) is 0.188. The fourth-order valence-corrected chi connectivity index (χ4v) is 2.64. The van der Waals surface area contributed by atoms with Crippen molar-refractivity contribution in [3.8, 4) is 0 Å². The quantitative estimate of drug-likeness (QED) is 0.696. The molecule has 22 heavy (non-hydrogen) atoms. The van der Waals surface area contributed by atoms with Crippen LogP contribution in [-0.2, 0) is 14.4 Å². The highest BCUT2D eigenvalue weighted by Crippen LogP contribution is 2.27. The Bertz CT molecular complexity index is 684. The molecule has 3 nitrogen and oxygen atoms in total. The molecule has 6 heteroatoms. The second kappa shape index (κ2) is 6.70. The topological polar surface area (TPSA) is 30.8 Å². The molecule has 1 aliphatic rings. The zero-order chi connectivity index (χ0) is 15.5. The van der Waals surface area contributed by atoms with Gasteiger partial charge < -0.3 is 7.80 Å². The average molecular weight is 415 g/mol. The zero-order valence-electron chi connectivity index (χ0n) is 11.4. The van der Waals surface area contributed by atoms with Gasteiger partial charge in [-0.3, -0.25) is 0 Å². The van der Waals surface area contributed by atoms with E-state index in [0.717, 1.165) is 11.1 Å². The first-order chi connectivity index (χ1) is 10.7. The Morgan fingerprint density at radius 1 is 1.14 bits per heavy atom. The summed E-state index contributed by atoms with van der Waals surface area (Å²) < 4.78 is 37.9. The van der Waals surface area contributed by atoms with Crippen molar-refractivity contribution in [3.05, 3.63) is 70.8 Å². The Labute approximate surface area is 140 Å². The third-order valence-corrected chi connectivity index (χ3v) is 3.72. The molecule has 0 aliphatic carbocycles. The smallest absolute Gasteiger partial charge is 0.222 e. The molecule has 0 radical (unpaired) electrons. The Morgan fingerprint density at radius 2 is 1.82 bits per heavy atom. The number of hydrogen-bond donors (Lipinski definition) is 0. The van der Waals surface area contributed by atoms with Gasteiger partial charge in [-0.1, -0.05) is 30.3 Å². The van der Waals surface area contributed by atoms with E-state index in [2.05, 4.69) is 4.99 Å². The van der Waals surface area contributed by atoms with E-state index in [1.165, 1.54) is 18.2 Å². The Morgan fingerprint density at radius 3 is 2.45 bits per heavy atom. The van der Waals surface area contributed by atoms with Gasteiger partial charge >= 0.3 is 0 Å². The van der Waals surface area contributed by atoms with Crippen LogP contribution in [0.1, 0.15) is 22.7 Å². The maximum absolute atomic E-state index is 13.8. The maximum Gasteiger partial charge on any atom is 0.222 e. The molecule has 1 heterocycles. The van der Waals surface area contributed by atoms with Gasteiger partial charge in [0.2, 0.25) is 5.90 Å². The van der Waals surface area contributed by atoms with Crippen molar-refractivity contribution in [1.82, 2.24) is 0 Å². The fourth-order valence-electron chi connectivity index (χ4n) is 2.28. The Hall–Kier alpha value is -1.54. The van der Waals surface area contributed by atoms with Crippen LogP contribution in [0.3, 0.4) is 0 Å². The molecule has 3 rings (SSSR count). The SMILES string of the molecule is Fc1cccc(F)c1C1=NC(c2ccc(COI)cc2)CO1. The molecule has 1 aliphatic heterocycles. The van der Waals surface area contributed by atoms with E-state index >= 15 is 0 Å². The highest BCUT2D eigenvalue weighted by atomic mass is 127. The normalized spacial score (nSPS) is 17.2. The molecular weight excluding hydrogens is 403 g/mol. The maximum atomic E-state index is 13.8. The minimum Gasteiger partial charge on any atom is -0.475 e. The van der Waals surface area contributed by atoms with Crippen molar-refractivity contribution in [3.63, 3.8) is 0 Å². The van der Waals surface area contributed by atoms with Crippen LogP contribution in [0.5, 0.6) is 0 Å². The van der Waals surface area contributed by atoms with Crippen LogP contribution in [0, 0.1) is 11.6 Å². The first kappa shape index (κ1) is 15.4. The van der Waals surface area contributed by atoms with Crippen molar-refractivity contribution < 1.29 is 16.6 Å². The van der Waals surface area contributed by atoms with Crippen LogP contribution in [0.2, 0.25) is 0 Å². The minimum atomic E-state index is -0.672. The summed E-state index contributed by atoms with van der Waals surface area (Å²) in [7, 11) is 0. The summed E-state index contributed by atoms with van der Waals surface area (Å²) in [5.74, 6) is -1.33. The van der Waals surface area contributed by atoms with E-state index in [-0.39, 0.29) is 24.1 Å². The number of benzene rings is 2. The molecule has 1 unspecified atom stereocenters. The van der Waals surface area contributed by atoms with Crippen molar-refractivity contribution in [2.24, 2.45) is 4.99 Å². The summed E-state index contributed by atoms with van der Waals surface area (Å²) in [6, 6.07) is 11.1. The van der Waals surface area contributed by atoms with E-state index < -0.39 is 11.6 Å². The molecule has 0 amide bonds. The molecular formula is C16H12F2INO2. The number of hydrogen-bond acceptors (Lipinski definition) is 3. The lowest BCUT2D eigenvalue weighted by atomic mass is 10.1. The second-order valence-electron chi connectivity index (χ2n) is 4.85. The summed E-state index contributed by atoms with van der Waals surface area (Å²) in [4.78, 5) is 4.31. The predicted molar refractivity (Wildman–Crippen MR) is 86.8 cm³/mol. The van der Waals surface area contributed by atoms with Crippen molar-refractivity contribution in [2.45, 2.75) is 12.6 Å². The first-order valence-electron chi connectivity index (χ1n) is 6.66. The summed E-state index contributed by atoms with van der Waals surface area (Å²) in [5, 5.41) is 0. The summed E-state index contributed by atoms with van der Waals surface area (Å²) in [6.07, 6.45) is 0. The van der Waals surface area contributed by atoms with Crippen molar-refractivity contribution in [2.75, 3.05) is 6.61 Å². The minimum absolute atomic E-state index is 0.0141. The first-order valence-corrected chi connectivity index (χ1v) is 7.54. The summed E-state index contributed by atoms with van der Waals surface area (Å²) in [5.41, 5.74) is 1.77. The Balaban J connectivity index is 1.85. The molecule has 0 N–H and O–H groups in total. The van der Waals surface area contributed by atoms with Crippen LogP contribution in [0.25, 0.3) is 0 Å². The number of nitrogens with zero attached hydrogens (tertiary/aromatic N) is 1. The van der Waals surface area contributed by atoms with Gasteiger partial charge in [0.25, 0.3) is 0 Å². The van der Waals surface area contributed by atoms with E-state index in [9.17, 15) is 8.78 Å². The van der Waals surface area contributed by atoms with Crippen molar-refractivity contribution >= 4 is 28.9 Å². The average Bonchev–Trinajstić information content (AvgIpc) is 2.98. The molecule has 2 aromatic rings. The molecule has 2 aromatic carbocycles. The van der Waals surface area contributed by atoms with Gasteiger partial charge in [0.15, 0.2) is 0 Å². The molecule has 0 aromatic heterocycles. The second-order valence-corrected chi connectivity index (χ2v) is 5.48. The van der Waals surface area contributed by atoms with Gasteiger partial charge in [-0.05, 0) is 23.3 Å². The van der Waals surface area contributed by atoms with Gasteiger partial charge in [-0.15, -0.1) is 0 Å². The van der Waals surface area contributed by atoms with Gasteiger partial charge in [0.05, 0.1) is 6.61 Å². The van der Waals surface area contributed by atoms with Crippen LogP contribution in [-0.4, -0.2) is 12.5 Å². The third-order valence-electron chi connectivity index (χ3n) is 3.41. The summed E-state index contributed by atoms with van der Waals surface area (Å²) >= 11 is 1.84. The molecule has 0 bridgehead atoms. The van der Waals surface area contributed by atoms with Gasteiger partial charge in [0, 0.05) is 0 Å². The molecule has 0 saturated heterocycles. The number of aliphatic imine (C=N–C) groups is 1. The number of rotatable bonds is 4.